The summed E-state index contributed by atoms with van der Waals surface area (Å²) in [5.41, 5.74) is 0.759. The summed E-state index contributed by atoms with van der Waals surface area (Å²) in [6.45, 7) is 5.87. The van der Waals surface area contributed by atoms with E-state index in [0.717, 1.165) is 12.0 Å². The van der Waals surface area contributed by atoms with E-state index in [1.54, 1.807) is 0 Å². The largest absolute Gasteiger partial charge is 0.396 e. The van der Waals surface area contributed by atoms with E-state index in [9.17, 15) is 5.11 Å². The molecule has 0 saturated carbocycles. The Morgan fingerprint density at radius 1 is 1.20 bits per heavy atom. The van der Waals surface area contributed by atoms with Crippen molar-refractivity contribution < 1.29 is 19.3 Å². The molecule has 0 bridgehead atoms. The van der Waals surface area contributed by atoms with Crippen molar-refractivity contribution in [1.82, 2.24) is 0 Å². The van der Waals surface area contributed by atoms with E-state index in [2.05, 4.69) is 0 Å². The molecular formula is C16H24O4. The molecule has 0 aliphatic carbocycles. The highest BCUT2D eigenvalue weighted by Crippen LogP contribution is 2.30. The smallest absolute Gasteiger partial charge is 0.162 e. The lowest BCUT2D eigenvalue weighted by Crippen LogP contribution is -2.37. The van der Waals surface area contributed by atoms with Crippen molar-refractivity contribution in [2.45, 2.75) is 32.7 Å². The Balaban J connectivity index is 1.88. The number of benzene rings is 1. The average molecular weight is 280 g/mol. The van der Waals surface area contributed by atoms with Crippen molar-refractivity contribution in [3.63, 3.8) is 0 Å². The van der Waals surface area contributed by atoms with Crippen molar-refractivity contribution in [1.29, 1.82) is 0 Å². The summed E-state index contributed by atoms with van der Waals surface area (Å²) >= 11 is 0. The second-order valence-electron chi connectivity index (χ2n) is 5.92. The first-order valence-corrected chi connectivity index (χ1v) is 7.06. The maximum atomic E-state index is 9.72. The van der Waals surface area contributed by atoms with E-state index < -0.39 is 5.79 Å². The van der Waals surface area contributed by atoms with Gasteiger partial charge in [0.25, 0.3) is 0 Å². The first kappa shape index (κ1) is 15.4. The Kier molecular flexibility index (Phi) is 5.16. The van der Waals surface area contributed by atoms with Gasteiger partial charge in [0.15, 0.2) is 5.79 Å². The van der Waals surface area contributed by atoms with Crippen molar-refractivity contribution in [3.05, 3.63) is 35.9 Å². The summed E-state index contributed by atoms with van der Waals surface area (Å²) in [7, 11) is 0. The Morgan fingerprint density at radius 3 is 2.65 bits per heavy atom. The summed E-state index contributed by atoms with van der Waals surface area (Å²) in [5, 5.41) is 9.72. The van der Waals surface area contributed by atoms with Crippen LogP contribution in [0, 0.1) is 5.41 Å². The molecule has 1 N–H and O–H groups in total. The topological polar surface area (TPSA) is 47.9 Å². The van der Waals surface area contributed by atoms with Crippen LogP contribution in [0.5, 0.6) is 0 Å². The monoisotopic (exact) mass is 280 g/mol. The van der Waals surface area contributed by atoms with Gasteiger partial charge in [-0.05, 0) is 25.8 Å². The van der Waals surface area contributed by atoms with E-state index >= 15 is 0 Å². The fourth-order valence-corrected chi connectivity index (χ4v) is 2.20. The summed E-state index contributed by atoms with van der Waals surface area (Å²) in [5.74, 6) is -0.587. The van der Waals surface area contributed by atoms with E-state index in [-0.39, 0.29) is 12.0 Å². The molecule has 0 amide bonds. The Labute approximate surface area is 120 Å². The minimum absolute atomic E-state index is 0.0429. The molecule has 4 heteroatoms. The molecule has 1 aromatic carbocycles. The van der Waals surface area contributed by atoms with E-state index in [1.165, 1.54) is 0 Å². The number of aliphatic hydroxyl groups excluding tert-OH is 1. The molecular weight excluding hydrogens is 256 g/mol. The van der Waals surface area contributed by atoms with Crippen LogP contribution in [-0.4, -0.2) is 37.3 Å². The van der Waals surface area contributed by atoms with Gasteiger partial charge in [-0.3, -0.25) is 0 Å². The maximum absolute atomic E-state index is 9.72. The second kappa shape index (κ2) is 6.68. The molecule has 0 radical (unpaired) electrons. The minimum Gasteiger partial charge on any atom is -0.396 e. The molecule has 20 heavy (non-hydrogen) atoms. The molecule has 112 valence electrons. The van der Waals surface area contributed by atoms with Crippen LogP contribution in [-0.2, 0) is 20.8 Å². The highest BCUT2D eigenvalue weighted by molar-refractivity contribution is 5.13. The van der Waals surface area contributed by atoms with Gasteiger partial charge in [0, 0.05) is 5.41 Å². The molecule has 1 fully saturated rings. The molecule has 0 aromatic heterocycles. The molecule has 1 atom stereocenters. The molecule has 1 heterocycles. The zero-order valence-corrected chi connectivity index (χ0v) is 12.3. The molecule has 1 aliphatic heterocycles. The maximum Gasteiger partial charge on any atom is 0.162 e. The third-order valence-electron chi connectivity index (χ3n) is 3.66. The second-order valence-corrected chi connectivity index (χ2v) is 5.92. The lowest BCUT2D eigenvalue weighted by atomic mass is 9.87. The summed E-state index contributed by atoms with van der Waals surface area (Å²) in [6, 6.07) is 10.0. The minimum atomic E-state index is -0.587. The predicted molar refractivity (Wildman–Crippen MR) is 76.2 cm³/mol. The summed E-state index contributed by atoms with van der Waals surface area (Å²) < 4.78 is 17.1. The number of aliphatic hydroxyl groups is 1. The number of rotatable bonds is 5. The first-order chi connectivity index (χ1) is 9.55. The van der Waals surface area contributed by atoms with Crippen LogP contribution < -0.4 is 0 Å². The Morgan fingerprint density at radius 2 is 1.95 bits per heavy atom. The van der Waals surface area contributed by atoms with Crippen LogP contribution >= 0.6 is 0 Å². The lowest BCUT2D eigenvalue weighted by molar-refractivity contribution is -0.208. The first-order valence-electron chi connectivity index (χ1n) is 7.06. The number of hydrogen-bond acceptors (Lipinski definition) is 4. The van der Waals surface area contributed by atoms with Crippen LogP contribution in [0.2, 0.25) is 0 Å². The Bertz CT molecular complexity index is 404. The van der Waals surface area contributed by atoms with E-state index in [0.29, 0.717) is 26.4 Å². The average Bonchev–Trinajstić information content (AvgIpc) is 2.60. The predicted octanol–water partition coefficient (Wildman–Crippen LogP) is 2.35. The SMILES string of the molecule is CC1(C)OCCC(CO)(COCc2ccccc2)CO1. The third kappa shape index (κ3) is 4.28. The summed E-state index contributed by atoms with van der Waals surface area (Å²) in [4.78, 5) is 0. The highest BCUT2D eigenvalue weighted by Gasteiger charge is 2.36. The zero-order valence-electron chi connectivity index (χ0n) is 12.3. The third-order valence-corrected chi connectivity index (χ3v) is 3.66. The number of ether oxygens (including phenoxy) is 3. The van der Waals surface area contributed by atoms with Crippen molar-refractivity contribution in [2.75, 3.05) is 26.4 Å². The molecule has 2 rings (SSSR count). The van der Waals surface area contributed by atoms with Crippen LogP contribution in [0.25, 0.3) is 0 Å². The van der Waals surface area contributed by atoms with Gasteiger partial charge in [-0.15, -0.1) is 0 Å². The van der Waals surface area contributed by atoms with E-state index in [1.807, 2.05) is 44.2 Å². The highest BCUT2D eigenvalue weighted by atomic mass is 16.7. The standard InChI is InChI=1S/C16H24O4/c1-15(2)19-9-8-16(11-17,13-20-15)12-18-10-14-6-4-3-5-7-14/h3-7,17H,8-13H2,1-2H3. The van der Waals surface area contributed by atoms with Gasteiger partial charge < -0.3 is 19.3 Å². The number of hydrogen-bond donors (Lipinski definition) is 1. The Hall–Kier alpha value is -0.940. The van der Waals surface area contributed by atoms with Crippen LogP contribution in [0.1, 0.15) is 25.8 Å². The van der Waals surface area contributed by atoms with Gasteiger partial charge in [0.2, 0.25) is 0 Å². The lowest BCUT2D eigenvalue weighted by Gasteiger charge is -2.30. The van der Waals surface area contributed by atoms with Crippen molar-refractivity contribution >= 4 is 0 Å². The van der Waals surface area contributed by atoms with Crippen LogP contribution in [0.15, 0.2) is 30.3 Å². The van der Waals surface area contributed by atoms with E-state index in [4.69, 9.17) is 14.2 Å². The molecule has 1 saturated heterocycles. The van der Waals surface area contributed by atoms with Gasteiger partial charge in [0.1, 0.15) is 0 Å². The van der Waals surface area contributed by atoms with Crippen molar-refractivity contribution in [3.8, 4) is 0 Å². The summed E-state index contributed by atoms with van der Waals surface area (Å²) in [6.07, 6.45) is 0.738. The van der Waals surface area contributed by atoms with Crippen molar-refractivity contribution in [2.24, 2.45) is 5.41 Å². The van der Waals surface area contributed by atoms with Gasteiger partial charge in [-0.1, -0.05) is 30.3 Å². The normalized spacial score (nSPS) is 26.1. The fraction of sp³-hybridized carbons (Fsp3) is 0.625. The molecule has 1 unspecified atom stereocenters. The van der Waals surface area contributed by atoms with Gasteiger partial charge in [-0.25, -0.2) is 0 Å². The van der Waals surface area contributed by atoms with Crippen LogP contribution in [0.3, 0.4) is 0 Å². The zero-order chi connectivity index (χ0) is 14.5. The molecule has 0 spiro atoms. The molecule has 4 nitrogen and oxygen atoms in total. The molecule has 1 aromatic rings. The van der Waals surface area contributed by atoms with Gasteiger partial charge in [-0.2, -0.15) is 0 Å². The quantitative estimate of drug-likeness (QED) is 0.899. The fourth-order valence-electron chi connectivity index (χ4n) is 2.20. The van der Waals surface area contributed by atoms with Gasteiger partial charge >= 0.3 is 0 Å². The molecule has 1 aliphatic rings. The van der Waals surface area contributed by atoms with Gasteiger partial charge in [0.05, 0.1) is 33.0 Å². The van der Waals surface area contributed by atoms with Crippen LogP contribution in [0.4, 0.5) is 0 Å².